The molecule has 3 heteroatoms. The largest absolute Gasteiger partial charge is 0.341 e. The lowest BCUT2D eigenvalue weighted by molar-refractivity contribution is 0.0745. The highest BCUT2D eigenvalue weighted by Gasteiger charge is 2.21. The van der Waals surface area contributed by atoms with Crippen LogP contribution in [0.1, 0.15) is 29.6 Å². The summed E-state index contributed by atoms with van der Waals surface area (Å²) < 4.78 is 1.11. The number of hydrogen-bond donors (Lipinski definition) is 0. The number of carbonyl (C=O) groups is 1. The molecule has 0 saturated heterocycles. The van der Waals surface area contributed by atoms with Crippen LogP contribution in [0.5, 0.6) is 0 Å². The molecule has 16 heavy (non-hydrogen) atoms. The van der Waals surface area contributed by atoms with Crippen molar-refractivity contribution in [3.05, 3.63) is 33.4 Å². The van der Waals surface area contributed by atoms with Crippen LogP contribution in [0, 0.1) is 9.49 Å². The third-order valence-electron chi connectivity index (χ3n) is 3.18. The fraction of sp³-hybridized carbons (Fsp3) is 0.462. The Labute approximate surface area is 110 Å². The van der Waals surface area contributed by atoms with Crippen LogP contribution in [-0.4, -0.2) is 24.4 Å². The van der Waals surface area contributed by atoms with E-state index in [1.54, 1.807) is 0 Å². The number of halogens is 1. The van der Waals surface area contributed by atoms with Crippen LogP contribution in [-0.2, 0) is 0 Å². The Balaban J connectivity index is 2.00. The van der Waals surface area contributed by atoms with Crippen molar-refractivity contribution in [2.45, 2.75) is 19.3 Å². The van der Waals surface area contributed by atoms with E-state index in [0.29, 0.717) is 0 Å². The smallest absolute Gasteiger partial charge is 0.253 e. The van der Waals surface area contributed by atoms with Gasteiger partial charge in [0, 0.05) is 22.7 Å². The van der Waals surface area contributed by atoms with Crippen molar-refractivity contribution in [1.29, 1.82) is 0 Å². The van der Waals surface area contributed by atoms with Crippen LogP contribution in [0.3, 0.4) is 0 Å². The van der Waals surface area contributed by atoms with E-state index in [-0.39, 0.29) is 5.91 Å². The molecule has 1 saturated carbocycles. The Morgan fingerprint density at radius 1 is 1.50 bits per heavy atom. The maximum Gasteiger partial charge on any atom is 0.253 e. The molecule has 1 aromatic carbocycles. The Kier molecular flexibility index (Phi) is 3.84. The molecule has 1 amide bonds. The zero-order valence-electron chi connectivity index (χ0n) is 9.45. The van der Waals surface area contributed by atoms with E-state index < -0.39 is 0 Å². The van der Waals surface area contributed by atoms with E-state index in [1.807, 2.05) is 36.2 Å². The quantitative estimate of drug-likeness (QED) is 0.780. The summed E-state index contributed by atoms with van der Waals surface area (Å²) >= 11 is 2.24. The summed E-state index contributed by atoms with van der Waals surface area (Å²) in [5.74, 6) is 0.877. The van der Waals surface area contributed by atoms with Crippen LogP contribution in [0.25, 0.3) is 0 Å². The van der Waals surface area contributed by atoms with Gasteiger partial charge < -0.3 is 4.90 Å². The number of amides is 1. The van der Waals surface area contributed by atoms with E-state index in [1.165, 1.54) is 19.3 Å². The van der Waals surface area contributed by atoms with Crippen molar-refractivity contribution >= 4 is 28.5 Å². The molecule has 1 aliphatic rings. The number of carbonyl (C=O) groups excluding carboxylic acids is 1. The van der Waals surface area contributed by atoms with Gasteiger partial charge in [-0.2, -0.15) is 0 Å². The van der Waals surface area contributed by atoms with Gasteiger partial charge in [-0.05, 0) is 59.5 Å². The van der Waals surface area contributed by atoms with Gasteiger partial charge >= 0.3 is 0 Å². The predicted molar refractivity (Wildman–Crippen MR) is 73.5 cm³/mol. The summed E-state index contributed by atoms with van der Waals surface area (Å²) in [6, 6.07) is 7.78. The zero-order valence-corrected chi connectivity index (χ0v) is 11.6. The Morgan fingerprint density at radius 3 is 2.81 bits per heavy atom. The van der Waals surface area contributed by atoms with Crippen molar-refractivity contribution in [2.24, 2.45) is 5.92 Å². The SMILES string of the molecule is CN(CC1CCC1)C(=O)c1cccc(I)c1. The summed E-state index contributed by atoms with van der Waals surface area (Å²) in [5, 5.41) is 0. The third kappa shape index (κ3) is 2.75. The van der Waals surface area contributed by atoms with Crippen LogP contribution < -0.4 is 0 Å². The molecule has 0 N–H and O–H groups in total. The van der Waals surface area contributed by atoms with E-state index >= 15 is 0 Å². The van der Waals surface area contributed by atoms with Crippen molar-refractivity contribution < 1.29 is 4.79 Å². The average molecular weight is 329 g/mol. The van der Waals surface area contributed by atoms with Gasteiger partial charge in [0.05, 0.1) is 0 Å². The molecule has 0 spiro atoms. The van der Waals surface area contributed by atoms with E-state index in [4.69, 9.17) is 0 Å². The second-order valence-corrected chi connectivity index (χ2v) is 5.74. The van der Waals surface area contributed by atoms with Gasteiger partial charge in [0.1, 0.15) is 0 Å². The molecule has 2 nitrogen and oxygen atoms in total. The second-order valence-electron chi connectivity index (χ2n) is 4.49. The van der Waals surface area contributed by atoms with Crippen molar-refractivity contribution in [2.75, 3.05) is 13.6 Å². The van der Waals surface area contributed by atoms with Crippen LogP contribution in [0.2, 0.25) is 0 Å². The highest BCUT2D eigenvalue weighted by molar-refractivity contribution is 14.1. The number of hydrogen-bond acceptors (Lipinski definition) is 1. The molecule has 0 bridgehead atoms. The third-order valence-corrected chi connectivity index (χ3v) is 3.85. The van der Waals surface area contributed by atoms with Crippen LogP contribution in [0.15, 0.2) is 24.3 Å². The fourth-order valence-corrected chi connectivity index (χ4v) is 2.53. The normalized spacial score (nSPS) is 15.6. The Hall–Kier alpha value is -0.580. The van der Waals surface area contributed by atoms with Crippen molar-refractivity contribution in [3.8, 4) is 0 Å². The van der Waals surface area contributed by atoms with Gasteiger partial charge in [0.25, 0.3) is 5.91 Å². The molecule has 1 aliphatic carbocycles. The minimum Gasteiger partial charge on any atom is -0.341 e. The van der Waals surface area contributed by atoms with Crippen LogP contribution in [0.4, 0.5) is 0 Å². The van der Waals surface area contributed by atoms with E-state index in [9.17, 15) is 4.79 Å². The molecule has 1 aromatic rings. The number of rotatable bonds is 3. The molecule has 0 unspecified atom stereocenters. The predicted octanol–water partition coefficient (Wildman–Crippen LogP) is 3.16. The fourth-order valence-electron chi connectivity index (χ4n) is 1.99. The summed E-state index contributed by atoms with van der Waals surface area (Å²) in [7, 11) is 1.90. The highest BCUT2D eigenvalue weighted by atomic mass is 127. The standard InChI is InChI=1S/C13H16INO/c1-15(9-10-4-2-5-10)13(16)11-6-3-7-12(14)8-11/h3,6-8,10H,2,4-5,9H2,1H3. The number of benzene rings is 1. The minimum absolute atomic E-state index is 0.144. The molecular formula is C13H16INO. The minimum atomic E-state index is 0.144. The van der Waals surface area contributed by atoms with Gasteiger partial charge in [-0.3, -0.25) is 4.79 Å². The summed E-state index contributed by atoms with van der Waals surface area (Å²) in [4.78, 5) is 14.0. The molecule has 0 radical (unpaired) electrons. The van der Waals surface area contributed by atoms with Crippen LogP contribution >= 0.6 is 22.6 Å². The first-order valence-corrected chi connectivity index (χ1v) is 6.76. The second kappa shape index (κ2) is 5.17. The lowest BCUT2D eigenvalue weighted by Crippen LogP contribution is -2.34. The molecule has 0 heterocycles. The Bertz CT molecular complexity index is 387. The molecule has 0 aliphatic heterocycles. The highest BCUT2D eigenvalue weighted by Crippen LogP contribution is 2.27. The van der Waals surface area contributed by atoms with Crippen molar-refractivity contribution in [3.63, 3.8) is 0 Å². The zero-order chi connectivity index (χ0) is 11.5. The average Bonchev–Trinajstić information content (AvgIpc) is 2.22. The molecule has 2 rings (SSSR count). The van der Waals surface area contributed by atoms with E-state index in [2.05, 4.69) is 22.6 Å². The van der Waals surface area contributed by atoms with Gasteiger partial charge in [-0.1, -0.05) is 12.5 Å². The first kappa shape index (κ1) is 11.9. The first-order valence-electron chi connectivity index (χ1n) is 5.68. The molecule has 86 valence electrons. The molecule has 0 aromatic heterocycles. The maximum atomic E-state index is 12.1. The van der Waals surface area contributed by atoms with E-state index in [0.717, 1.165) is 21.6 Å². The van der Waals surface area contributed by atoms with Gasteiger partial charge in [0.15, 0.2) is 0 Å². The number of nitrogens with zero attached hydrogens (tertiary/aromatic N) is 1. The topological polar surface area (TPSA) is 20.3 Å². The van der Waals surface area contributed by atoms with Gasteiger partial charge in [-0.25, -0.2) is 0 Å². The monoisotopic (exact) mass is 329 g/mol. The van der Waals surface area contributed by atoms with Gasteiger partial charge in [0.2, 0.25) is 0 Å². The summed E-state index contributed by atoms with van der Waals surface area (Å²) in [6.45, 7) is 0.907. The lowest BCUT2D eigenvalue weighted by Gasteiger charge is -2.30. The maximum absolute atomic E-state index is 12.1. The first-order chi connectivity index (χ1) is 7.66. The van der Waals surface area contributed by atoms with Gasteiger partial charge in [-0.15, -0.1) is 0 Å². The summed E-state index contributed by atoms with van der Waals surface area (Å²) in [5.41, 5.74) is 0.800. The molecule has 0 atom stereocenters. The lowest BCUT2D eigenvalue weighted by atomic mass is 9.85. The molecule has 1 fully saturated rings. The molecular weight excluding hydrogens is 313 g/mol. The Morgan fingerprint density at radius 2 is 2.25 bits per heavy atom. The van der Waals surface area contributed by atoms with Crippen molar-refractivity contribution in [1.82, 2.24) is 4.90 Å². The summed E-state index contributed by atoms with van der Waals surface area (Å²) in [6.07, 6.45) is 3.89.